The zero-order chi connectivity index (χ0) is 17.1. The lowest BCUT2D eigenvalue weighted by Crippen LogP contribution is -2.38. The predicted octanol–water partition coefficient (Wildman–Crippen LogP) is 1.89. The number of nitrogens with zero attached hydrogens (tertiary/aromatic N) is 2. The van der Waals surface area contributed by atoms with Crippen LogP contribution in [0.2, 0.25) is 0 Å². The third-order valence-electron chi connectivity index (χ3n) is 3.32. The van der Waals surface area contributed by atoms with Crippen LogP contribution in [0.15, 0.2) is 29.3 Å². The Morgan fingerprint density at radius 2 is 1.96 bits per heavy atom. The fourth-order valence-electron chi connectivity index (χ4n) is 2.05. The summed E-state index contributed by atoms with van der Waals surface area (Å²) in [6.07, 6.45) is 1.25. The lowest BCUT2D eigenvalue weighted by Gasteiger charge is -2.13. The van der Waals surface area contributed by atoms with E-state index in [0.717, 1.165) is 36.8 Å². The number of halogens is 1. The fourth-order valence-corrected chi connectivity index (χ4v) is 2.05. The number of para-hydroxylation sites is 1. The van der Waals surface area contributed by atoms with Crippen molar-refractivity contribution in [3.8, 4) is 5.75 Å². The number of nitrogens with one attached hydrogen (secondary N) is 2. The Morgan fingerprint density at radius 1 is 1.25 bits per heavy atom. The Balaban J connectivity index is 0.00000529. The molecule has 136 valence electrons. The highest BCUT2D eigenvalue weighted by Gasteiger charge is 2.04. The van der Waals surface area contributed by atoms with Crippen molar-refractivity contribution >= 4 is 35.8 Å². The molecule has 0 aliphatic heterocycles. The van der Waals surface area contributed by atoms with Crippen LogP contribution in [0.5, 0.6) is 5.75 Å². The molecule has 0 radical (unpaired) electrons. The van der Waals surface area contributed by atoms with Gasteiger partial charge in [0.05, 0.1) is 13.7 Å². The molecule has 2 N–H and O–H groups in total. The maximum Gasteiger partial charge on any atom is 0.223 e. The Kier molecular flexibility index (Phi) is 12.0. The zero-order valence-corrected chi connectivity index (χ0v) is 17.3. The van der Waals surface area contributed by atoms with Gasteiger partial charge in [0.2, 0.25) is 5.91 Å². The number of benzene rings is 1. The molecule has 0 heterocycles. The van der Waals surface area contributed by atoms with Crippen molar-refractivity contribution in [1.82, 2.24) is 15.5 Å². The Bertz CT molecular complexity index is 521. The van der Waals surface area contributed by atoms with Gasteiger partial charge in [0.1, 0.15) is 5.75 Å². The largest absolute Gasteiger partial charge is 0.496 e. The number of ether oxygens (including phenoxy) is 1. The standard InChI is InChI=1S/C17H28N4O2.HI/c1-5-18-17(20-13-11-16(22)21(2)3)19-12-10-14-8-6-7-9-15(14)23-4;/h6-9H,5,10-13H2,1-4H3,(H2,18,19,20);1H. The quantitative estimate of drug-likeness (QED) is 0.362. The van der Waals surface area contributed by atoms with Crippen LogP contribution >= 0.6 is 24.0 Å². The molecule has 1 aromatic carbocycles. The average Bonchev–Trinajstić information content (AvgIpc) is 2.55. The second kappa shape index (κ2) is 12.9. The minimum absolute atomic E-state index is 0. The molecule has 1 aromatic rings. The molecule has 0 unspecified atom stereocenters. The van der Waals surface area contributed by atoms with Gasteiger partial charge >= 0.3 is 0 Å². The Hall–Kier alpha value is -1.51. The normalized spacial score (nSPS) is 10.6. The summed E-state index contributed by atoms with van der Waals surface area (Å²) in [7, 11) is 5.19. The summed E-state index contributed by atoms with van der Waals surface area (Å²) in [6, 6.07) is 7.98. The minimum Gasteiger partial charge on any atom is -0.496 e. The Labute approximate surface area is 162 Å². The van der Waals surface area contributed by atoms with Crippen molar-refractivity contribution < 1.29 is 9.53 Å². The SMILES string of the molecule is CCNC(=NCCC(=O)N(C)C)NCCc1ccccc1OC.I. The molecule has 1 rings (SSSR count). The number of methoxy groups -OCH3 is 1. The van der Waals surface area contributed by atoms with Crippen molar-refractivity contribution in [1.29, 1.82) is 0 Å². The molecule has 0 bridgehead atoms. The summed E-state index contributed by atoms with van der Waals surface area (Å²) in [5, 5.41) is 6.47. The van der Waals surface area contributed by atoms with Crippen LogP contribution in [0.3, 0.4) is 0 Å². The van der Waals surface area contributed by atoms with Gasteiger partial charge in [-0.1, -0.05) is 18.2 Å². The van der Waals surface area contributed by atoms with Crippen LogP contribution in [0.4, 0.5) is 0 Å². The summed E-state index contributed by atoms with van der Waals surface area (Å²) >= 11 is 0. The maximum absolute atomic E-state index is 11.6. The van der Waals surface area contributed by atoms with E-state index >= 15 is 0 Å². The van der Waals surface area contributed by atoms with Gasteiger partial charge in [-0.25, -0.2) is 0 Å². The van der Waals surface area contributed by atoms with Crippen LogP contribution in [0.1, 0.15) is 18.9 Å². The summed E-state index contributed by atoms with van der Waals surface area (Å²) in [6.45, 7) is 4.01. The number of aliphatic imine (C=N–C) groups is 1. The average molecular weight is 448 g/mol. The van der Waals surface area contributed by atoms with Crippen molar-refractivity contribution in [2.24, 2.45) is 4.99 Å². The van der Waals surface area contributed by atoms with Gasteiger partial charge in [-0.3, -0.25) is 9.79 Å². The van der Waals surface area contributed by atoms with Crippen LogP contribution in [-0.2, 0) is 11.2 Å². The highest BCUT2D eigenvalue weighted by atomic mass is 127. The molecule has 0 aliphatic rings. The molecule has 0 atom stereocenters. The van der Waals surface area contributed by atoms with Gasteiger partial charge in [-0.15, -0.1) is 24.0 Å². The van der Waals surface area contributed by atoms with Crippen molar-refractivity contribution in [2.45, 2.75) is 19.8 Å². The van der Waals surface area contributed by atoms with E-state index in [1.54, 1.807) is 26.1 Å². The first kappa shape index (κ1) is 22.5. The monoisotopic (exact) mass is 448 g/mol. The fraction of sp³-hybridized carbons (Fsp3) is 0.529. The lowest BCUT2D eigenvalue weighted by atomic mass is 10.1. The van der Waals surface area contributed by atoms with Crippen LogP contribution in [0, 0.1) is 0 Å². The van der Waals surface area contributed by atoms with Crippen LogP contribution < -0.4 is 15.4 Å². The molecule has 1 amide bonds. The van der Waals surface area contributed by atoms with Gasteiger partial charge in [0.25, 0.3) is 0 Å². The maximum atomic E-state index is 11.6. The van der Waals surface area contributed by atoms with Crippen LogP contribution in [0.25, 0.3) is 0 Å². The summed E-state index contributed by atoms with van der Waals surface area (Å²) in [5.74, 6) is 1.71. The predicted molar refractivity (Wildman–Crippen MR) is 109 cm³/mol. The molecule has 0 saturated carbocycles. The number of carbonyl (C=O) groups excluding carboxylic acids is 1. The number of amides is 1. The first-order valence-electron chi connectivity index (χ1n) is 7.92. The molecule has 7 heteroatoms. The van der Waals surface area contributed by atoms with E-state index in [1.807, 2.05) is 25.1 Å². The smallest absolute Gasteiger partial charge is 0.223 e. The molecule has 0 saturated heterocycles. The highest BCUT2D eigenvalue weighted by Crippen LogP contribution is 2.17. The first-order valence-corrected chi connectivity index (χ1v) is 7.92. The molecule has 0 fully saturated rings. The highest BCUT2D eigenvalue weighted by molar-refractivity contribution is 14.0. The summed E-state index contributed by atoms with van der Waals surface area (Å²) < 4.78 is 5.35. The molecule has 0 aromatic heterocycles. The second-order valence-electron chi connectivity index (χ2n) is 5.29. The summed E-state index contributed by atoms with van der Waals surface area (Å²) in [5.41, 5.74) is 1.15. The summed E-state index contributed by atoms with van der Waals surface area (Å²) in [4.78, 5) is 17.6. The van der Waals surface area contributed by atoms with Gasteiger partial charge in [-0.2, -0.15) is 0 Å². The van der Waals surface area contributed by atoms with Crippen LogP contribution in [-0.4, -0.2) is 57.6 Å². The minimum atomic E-state index is 0. The zero-order valence-electron chi connectivity index (χ0n) is 15.0. The lowest BCUT2D eigenvalue weighted by molar-refractivity contribution is -0.128. The number of rotatable bonds is 8. The molecular weight excluding hydrogens is 419 g/mol. The third kappa shape index (κ3) is 8.37. The van der Waals surface area contributed by atoms with E-state index in [2.05, 4.69) is 21.7 Å². The van der Waals surface area contributed by atoms with Gasteiger partial charge < -0.3 is 20.3 Å². The van der Waals surface area contributed by atoms with E-state index < -0.39 is 0 Å². The van der Waals surface area contributed by atoms with E-state index in [4.69, 9.17) is 4.74 Å². The number of carbonyl (C=O) groups is 1. The van der Waals surface area contributed by atoms with E-state index in [9.17, 15) is 4.79 Å². The topological polar surface area (TPSA) is 66.0 Å². The van der Waals surface area contributed by atoms with Crippen molar-refractivity contribution in [2.75, 3.05) is 40.8 Å². The third-order valence-corrected chi connectivity index (χ3v) is 3.32. The molecule has 24 heavy (non-hydrogen) atoms. The molecule has 6 nitrogen and oxygen atoms in total. The number of guanidine groups is 1. The molecular formula is C17H29IN4O2. The number of hydrogen-bond donors (Lipinski definition) is 2. The molecule has 0 spiro atoms. The first-order chi connectivity index (χ1) is 11.1. The number of hydrogen-bond acceptors (Lipinski definition) is 3. The Morgan fingerprint density at radius 3 is 2.58 bits per heavy atom. The van der Waals surface area contributed by atoms with Crippen molar-refractivity contribution in [3.05, 3.63) is 29.8 Å². The van der Waals surface area contributed by atoms with Gasteiger partial charge in [0, 0.05) is 33.6 Å². The van der Waals surface area contributed by atoms with E-state index in [1.165, 1.54) is 0 Å². The second-order valence-corrected chi connectivity index (χ2v) is 5.29. The molecule has 0 aliphatic carbocycles. The van der Waals surface area contributed by atoms with E-state index in [-0.39, 0.29) is 29.9 Å². The van der Waals surface area contributed by atoms with E-state index in [0.29, 0.717) is 13.0 Å². The van der Waals surface area contributed by atoms with Gasteiger partial charge in [0.15, 0.2) is 5.96 Å². The van der Waals surface area contributed by atoms with Crippen molar-refractivity contribution in [3.63, 3.8) is 0 Å². The van der Waals surface area contributed by atoms with Gasteiger partial charge in [-0.05, 0) is 25.0 Å².